The van der Waals surface area contributed by atoms with Gasteiger partial charge < -0.3 is 20.3 Å². The SMILES string of the molecule is C#CCCC(=O)NCC#Cc1cn([C@H]2C[C@@H](O)[C@@H](CO)O2)c(=O)[nH]c1=O. The van der Waals surface area contributed by atoms with Crippen molar-refractivity contribution in [3.63, 3.8) is 0 Å². The number of H-pyrrole nitrogens is 1. The van der Waals surface area contributed by atoms with E-state index in [1.165, 1.54) is 6.20 Å². The average Bonchev–Trinajstić information content (AvgIpc) is 2.98. The Bertz CT molecular complexity index is 869. The van der Waals surface area contributed by atoms with Crippen molar-refractivity contribution in [1.82, 2.24) is 14.9 Å². The Morgan fingerprint density at radius 2 is 2.27 bits per heavy atom. The molecule has 4 N–H and O–H groups in total. The van der Waals surface area contributed by atoms with E-state index in [4.69, 9.17) is 16.3 Å². The van der Waals surface area contributed by atoms with Crippen molar-refractivity contribution in [1.29, 1.82) is 0 Å². The number of rotatable bonds is 5. The maximum atomic E-state index is 12.0. The standard InChI is InChI=1S/C17H19N3O6/c1-2-3-6-14(23)18-7-4-5-11-9-20(17(25)19-16(11)24)15-8-12(22)13(10-21)26-15/h1,9,12-13,15,21-22H,3,6-8,10H2,(H,18,23)(H,19,24,25)/t12-,13-,15-/m1/s1. The van der Waals surface area contributed by atoms with Crippen molar-refractivity contribution in [2.24, 2.45) is 0 Å². The number of carbonyl (C=O) groups excluding carboxylic acids is 1. The van der Waals surface area contributed by atoms with Crippen LogP contribution in [0.15, 0.2) is 15.8 Å². The largest absolute Gasteiger partial charge is 0.394 e. The van der Waals surface area contributed by atoms with Crippen LogP contribution in [-0.4, -0.2) is 51.0 Å². The van der Waals surface area contributed by atoms with Crippen LogP contribution in [0.4, 0.5) is 0 Å². The molecule has 0 aliphatic carbocycles. The number of aromatic amines is 1. The summed E-state index contributed by atoms with van der Waals surface area (Å²) in [5.74, 6) is 7.29. The van der Waals surface area contributed by atoms with E-state index in [0.717, 1.165) is 4.57 Å². The smallest absolute Gasteiger partial charge is 0.330 e. The van der Waals surface area contributed by atoms with Crippen LogP contribution in [0.3, 0.4) is 0 Å². The van der Waals surface area contributed by atoms with Gasteiger partial charge in [-0.1, -0.05) is 11.8 Å². The van der Waals surface area contributed by atoms with Crippen LogP contribution in [0.5, 0.6) is 0 Å². The molecule has 26 heavy (non-hydrogen) atoms. The number of aliphatic hydroxyl groups is 2. The Balaban J connectivity index is 2.11. The molecule has 1 aliphatic heterocycles. The van der Waals surface area contributed by atoms with Crippen LogP contribution < -0.4 is 16.6 Å². The monoisotopic (exact) mass is 361 g/mol. The molecule has 2 rings (SSSR count). The van der Waals surface area contributed by atoms with Crippen molar-refractivity contribution in [3.8, 4) is 24.2 Å². The fourth-order valence-corrected chi connectivity index (χ4v) is 2.39. The van der Waals surface area contributed by atoms with Gasteiger partial charge in [-0.15, -0.1) is 12.3 Å². The molecular formula is C17H19N3O6. The molecule has 9 heteroatoms. The highest BCUT2D eigenvalue weighted by atomic mass is 16.5. The predicted octanol–water partition coefficient (Wildman–Crippen LogP) is -1.94. The van der Waals surface area contributed by atoms with Gasteiger partial charge >= 0.3 is 5.69 Å². The first-order chi connectivity index (χ1) is 12.5. The lowest BCUT2D eigenvalue weighted by Crippen LogP contribution is -2.33. The second-order valence-electron chi connectivity index (χ2n) is 5.61. The van der Waals surface area contributed by atoms with Crippen LogP contribution in [0.25, 0.3) is 0 Å². The first-order valence-electron chi connectivity index (χ1n) is 7.95. The van der Waals surface area contributed by atoms with E-state index in [1.807, 2.05) is 0 Å². The number of hydrogen-bond donors (Lipinski definition) is 4. The molecule has 1 aromatic rings. The molecule has 1 amide bonds. The molecule has 1 aliphatic rings. The van der Waals surface area contributed by atoms with E-state index < -0.39 is 29.7 Å². The summed E-state index contributed by atoms with van der Waals surface area (Å²) in [7, 11) is 0. The van der Waals surface area contributed by atoms with E-state index in [2.05, 4.69) is 28.1 Å². The molecule has 3 atom stereocenters. The van der Waals surface area contributed by atoms with Crippen molar-refractivity contribution in [3.05, 3.63) is 32.6 Å². The van der Waals surface area contributed by atoms with Crippen LogP contribution >= 0.6 is 0 Å². The lowest BCUT2D eigenvalue weighted by Gasteiger charge is -2.14. The zero-order valence-electron chi connectivity index (χ0n) is 13.9. The van der Waals surface area contributed by atoms with E-state index in [0.29, 0.717) is 6.42 Å². The fourth-order valence-electron chi connectivity index (χ4n) is 2.39. The molecule has 0 unspecified atom stereocenters. The molecule has 0 spiro atoms. The van der Waals surface area contributed by atoms with Gasteiger partial charge in [0.25, 0.3) is 5.56 Å². The van der Waals surface area contributed by atoms with Gasteiger partial charge in [0.15, 0.2) is 0 Å². The van der Waals surface area contributed by atoms with Gasteiger partial charge in [-0.2, -0.15) is 0 Å². The summed E-state index contributed by atoms with van der Waals surface area (Å²) in [6, 6.07) is 0. The minimum atomic E-state index is -0.920. The first-order valence-corrected chi connectivity index (χ1v) is 7.95. The molecule has 9 nitrogen and oxygen atoms in total. The Morgan fingerprint density at radius 1 is 1.50 bits per heavy atom. The lowest BCUT2D eigenvalue weighted by molar-refractivity contribution is -0.120. The average molecular weight is 361 g/mol. The van der Waals surface area contributed by atoms with Crippen molar-refractivity contribution >= 4 is 5.91 Å². The quantitative estimate of drug-likeness (QED) is 0.451. The highest BCUT2D eigenvalue weighted by molar-refractivity contribution is 5.76. The Morgan fingerprint density at radius 3 is 2.92 bits per heavy atom. The van der Waals surface area contributed by atoms with Crippen molar-refractivity contribution in [2.45, 2.75) is 37.7 Å². The molecule has 1 saturated heterocycles. The zero-order valence-corrected chi connectivity index (χ0v) is 13.9. The predicted molar refractivity (Wildman–Crippen MR) is 90.9 cm³/mol. The maximum Gasteiger partial charge on any atom is 0.330 e. The zero-order chi connectivity index (χ0) is 19.1. The van der Waals surface area contributed by atoms with E-state index in [-0.39, 0.29) is 37.5 Å². The van der Waals surface area contributed by atoms with Crippen LogP contribution in [0.1, 0.15) is 31.1 Å². The summed E-state index contributed by atoms with van der Waals surface area (Å²) in [6.07, 6.45) is 4.36. The second kappa shape index (κ2) is 9.02. The number of carbonyl (C=O) groups is 1. The Hall–Kier alpha value is -2.85. The highest BCUT2D eigenvalue weighted by Gasteiger charge is 2.35. The van der Waals surface area contributed by atoms with Crippen molar-refractivity contribution < 1.29 is 19.7 Å². The number of ether oxygens (including phenoxy) is 1. The van der Waals surface area contributed by atoms with Gasteiger partial charge in [-0.05, 0) is 0 Å². The third kappa shape index (κ3) is 4.83. The molecule has 0 radical (unpaired) electrons. The summed E-state index contributed by atoms with van der Waals surface area (Å²) >= 11 is 0. The number of terminal acetylenes is 1. The molecule has 1 aromatic heterocycles. The summed E-state index contributed by atoms with van der Waals surface area (Å²) in [4.78, 5) is 37.3. The number of amides is 1. The third-order valence-electron chi connectivity index (χ3n) is 3.76. The second-order valence-corrected chi connectivity index (χ2v) is 5.61. The number of nitrogens with zero attached hydrogens (tertiary/aromatic N) is 1. The van der Waals surface area contributed by atoms with Gasteiger partial charge in [0, 0.05) is 25.5 Å². The lowest BCUT2D eigenvalue weighted by atomic mass is 10.2. The summed E-state index contributed by atoms with van der Waals surface area (Å²) in [6.45, 7) is -0.366. The van der Waals surface area contributed by atoms with Crippen LogP contribution in [0, 0.1) is 24.2 Å². The summed E-state index contributed by atoms with van der Waals surface area (Å²) in [5.41, 5.74) is -1.37. The van der Waals surface area contributed by atoms with Crippen molar-refractivity contribution in [2.75, 3.05) is 13.2 Å². The van der Waals surface area contributed by atoms with Gasteiger partial charge in [0.2, 0.25) is 5.91 Å². The fraction of sp³-hybridized carbons (Fsp3) is 0.471. The van der Waals surface area contributed by atoms with Crippen LogP contribution in [-0.2, 0) is 9.53 Å². The highest BCUT2D eigenvalue weighted by Crippen LogP contribution is 2.27. The first kappa shape index (κ1) is 19.5. The molecule has 1 fully saturated rings. The van der Waals surface area contributed by atoms with Gasteiger partial charge in [-0.25, -0.2) is 4.79 Å². The molecule has 0 saturated carbocycles. The van der Waals surface area contributed by atoms with E-state index in [9.17, 15) is 19.5 Å². The van der Waals surface area contributed by atoms with Crippen LogP contribution in [0.2, 0.25) is 0 Å². The van der Waals surface area contributed by atoms with E-state index in [1.54, 1.807) is 0 Å². The molecule has 0 bridgehead atoms. The van der Waals surface area contributed by atoms with Gasteiger partial charge in [0.1, 0.15) is 17.9 Å². The minimum absolute atomic E-state index is 0.00742. The summed E-state index contributed by atoms with van der Waals surface area (Å²) in [5, 5.41) is 21.4. The Labute approximate surface area is 149 Å². The molecule has 138 valence electrons. The molecule has 2 heterocycles. The summed E-state index contributed by atoms with van der Waals surface area (Å²) < 4.78 is 6.51. The topological polar surface area (TPSA) is 134 Å². The maximum absolute atomic E-state index is 12.0. The Kier molecular flexibility index (Phi) is 6.75. The van der Waals surface area contributed by atoms with E-state index >= 15 is 0 Å². The number of aliphatic hydroxyl groups excluding tert-OH is 2. The number of hydrogen-bond acceptors (Lipinski definition) is 6. The number of nitrogens with one attached hydrogen (secondary N) is 2. The molecule has 0 aromatic carbocycles. The minimum Gasteiger partial charge on any atom is -0.394 e. The normalized spacial score (nSPS) is 21.5. The number of aromatic nitrogens is 2. The van der Waals surface area contributed by atoms with Gasteiger partial charge in [-0.3, -0.25) is 19.1 Å². The van der Waals surface area contributed by atoms with Gasteiger partial charge in [0.05, 0.1) is 19.3 Å². The molecular weight excluding hydrogens is 342 g/mol. The third-order valence-corrected chi connectivity index (χ3v) is 3.76.